The maximum Gasteiger partial charge on any atom is 0.303 e. The third kappa shape index (κ3) is 3.22. The number of carbonyl (C=O) groups is 1. The largest absolute Gasteiger partial charge is 0.371 e. The average Bonchev–Trinajstić information content (AvgIpc) is 3.21. The van der Waals surface area contributed by atoms with E-state index in [1.54, 1.807) is 36.0 Å². The van der Waals surface area contributed by atoms with Crippen molar-refractivity contribution in [1.29, 1.82) is 0 Å². The number of rotatable bonds is 4. The molecule has 1 fully saturated rings. The summed E-state index contributed by atoms with van der Waals surface area (Å²) in [4.78, 5) is 23.5. The Morgan fingerprint density at radius 3 is 2.64 bits per heavy atom. The van der Waals surface area contributed by atoms with Crippen molar-refractivity contribution in [1.82, 2.24) is 19.5 Å². The molecule has 3 heterocycles. The zero-order chi connectivity index (χ0) is 20.3. The highest BCUT2D eigenvalue weighted by Gasteiger charge is 2.43. The van der Waals surface area contributed by atoms with Crippen molar-refractivity contribution in [3.8, 4) is 11.3 Å². The fourth-order valence-corrected chi connectivity index (χ4v) is 3.18. The maximum absolute atomic E-state index is 13.8. The van der Waals surface area contributed by atoms with Gasteiger partial charge in [-0.25, -0.2) is 15.0 Å². The van der Waals surface area contributed by atoms with Crippen molar-refractivity contribution in [3.05, 3.63) is 36.0 Å². The first-order chi connectivity index (χ1) is 13.1. The summed E-state index contributed by atoms with van der Waals surface area (Å²) >= 11 is 0. The number of amides is 1. The highest BCUT2D eigenvalue weighted by Crippen LogP contribution is 2.45. The maximum atomic E-state index is 13.8. The molecular weight excluding hydrogens is 368 g/mol. The van der Waals surface area contributed by atoms with Crippen LogP contribution in [0.2, 0.25) is 0 Å². The van der Waals surface area contributed by atoms with Crippen molar-refractivity contribution < 1.29 is 18.7 Å². The third-order valence-corrected chi connectivity index (χ3v) is 4.66. The number of hydrogen-bond acceptors (Lipinski definition) is 5. The highest BCUT2D eigenvalue weighted by molar-refractivity contribution is 5.98. The number of nitrogens with zero attached hydrogens (tertiary/aromatic N) is 4. The Kier molecular flexibility index (Phi) is 3.97. The van der Waals surface area contributed by atoms with Crippen molar-refractivity contribution in [3.63, 3.8) is 0 Å². The number of pyridine rings is 1. The molecule has 0 aliphatic heterocycles. The van der Waals surface area contributed by atoms with Crippen LogP contribution in [0.3, 0.4) is 0 Å². The van der Waals surface area contributed by atoms with Gasteiger partial charge in [0.05, 0.1) is 17.4 Å². The van der Waals surface area contributed by atoms with E-state index in [9.17, 15) is 18.7 Å². The topological polar surface area (TPSA) is 92.9 Å². The number of anilines is 1. The minimum atomic E-state index is -3.18. The third-order valence-electron chi connectivity index (χ3n) is 4.66. The molecule has 0 unspecified atom stereocenters. The quantitative estimate of drug-likeness (QED) is 0.716. The van der Waals surface area contributed by atoms with Crippen LogP contribution in [0.25, 0.3) is 22.2 Å². The summed E-state index contributed by atoms with van der Waals surface area (Å²) in [5.74, 6) is -3.70. The molecule has 0 aromatic carbocycles. The fourth-order valence-electron chi connectivity index (χ4n) is 3.18. The Hall–Kier alpha value is -2.94. The fraction of sp³-hybridized carbons (Fsp3) is 0.368. The van der Waals surface area contributed by atoms with Gasteiger partial charge in [0.2, 0.25) is 5.91 Å². The van der Waals surface area contributed by atoms with Crippen molar-refractivity contribution in [2.24, 2.45) is 0 Å². The first kappa shape index (κ1) is 18.4. The van der Waals surface area contributed by atoms with E-state index < -0.39 is 17.5 Å². The van der Waals surface area contributed by atoms with E-state index in [0.29, 0.717) is 46.5 Å². The van der Waals surface area contributed by atoms with Gasteiger partial charge in [0.25, 0.3) is 0 Å². The monoisotopic (exact) mass is 387 g/mol. The number of alkyl halides is 2. The molecule has 1 aliphatic carbocycles. The predicted octanol–water partition coefficient (Wildman–Crippen LogP) is 3.31. The lowest BCUT2D eigenvalue weighted by molar-refractivity contribution is -0.114. The Bertz CT molecular complexity index is 1100. The number of nitrogens with one attached hydrogen (secondary N) is 1. The normalized spacial score (nSPS) is 15.6. The number of aromatic nitrogens is 4. The van der Waals surface area contributed by atoms with E-state index in [-0.39, 0.29) is 5.91 Å². The van der Waals surface area contributed by atoms with Crippen LogP contribution in [0.5, 0.6) is 0 Å². The molecule has 0 radical (unpaired) electrons. The summed E-state index contributed by atoms with van der Waals surface area (Å²) in [6.45, 7) is 3.74. The minimum Gasteiger partial charge on any atom is -0.371 e. The molecule has 7 nitrogen and oxygen atoms in total. The average molecular weight is 387 g/mol. The number of hydrogen-bond donors (Lipinski definition) is 2. The molecule has 3 aromatic heterocycles. The zero-order valence-corrected chi connectivity index (χ0v) is 15.6. The van der Waals surface area contributed by atoms with Gasteiger partial charge in [0, 0.05) is 36.7 Å². The van der Waals surface area contributed by atoms with Gasteiger partial charge in [-0.05, 0) is 31.9 Å². The Balaban J connectivity index is 1.95. The van der Waals surface area contributed by atoms with Crippen LogP contribution < -0.4 is 5.32 Å². The number of halogens is 2. The summed E-state index contributed by atoms with van der Waals surface area (Å²) in [6.07, 6.45) is 4.41. The molecule has 28 heavy (non-hydrogen) atoms. The van der Waals surface area contributed by atoms with Crippen LogP contribution >= 0.6 is 0 Å². The van der Waals surface area contributed by atoms with Crippen LogP contribution in [-0.4, -0.2) is 30.5 Å². The highest BCUT2D eigenvalue weighted by atomic mass is 19.3. The van der Waals surface area contributed by atoms with Gasteiger partial charge in [0.1, 0.15) is 11.5 Å². The smallest absolute Gasteiger partial charge is 0.303 e. The second-order valence-electron chi connectivity index (χ2n) is 7.27. The van der Waals surface area contributed by atoms with Crippen molar-refractivity contribution >= 4 is 22.6 Å². The van der Waals surface area contributed by atoms with E-state index in [1.807, 2.05) is 0 Å². The van der Waals surface area contributed by atoms with Crippen LogP contribution in [0.1, 0.15) is 38.2 Å². The molecule has 0 spiro atoms. The Morgan fingerprint density at radius 2 is 2.04 bits per heavy atom. The lowest BCUT2D eigenvalue weighted by Crippen LogP contribution is -2.15. The molecule has 1 amide bonds. The van der Waals surface area contributed by atoms with Gasteiger partial charge in [-0.2, -0.15) is 8.78 Å². The van der Waals surface area contributed by atoms with Crippen LogP contribution in [0.15, 0.2) is 24.5 Å². The van der Waals surface area contributed by atoms with Gasteiger partial charge in [-0.3, -0.25) is 4.79 Å². The summed E-state index contributed by atoms with van der Waals surface area (Å²) in [5.41, 5.74) is 0.888. The molecule has 0 bridgehead atoms. The van der Waals surface area contributed by atoms with Crippen LogP contribution in [-0.2, 0) is 16.4 Å². The molecule has 2 N–H and O–H groups in total. The van der Waals surface area contributed by atoms with E-state index in [4.69, 9.17) is 0 Å². The summed E-state index contributed by atoms with van der Waals surface area (Å²) in [5, 5.41) is 13.9. The predicted molar refractivity (Wildman–Crippen MR) is 98.8 cm³/mol. The Morgan fingerprint density at radius 1 is 1.32 bits per heavy atom. The van der Waals surface area contributed by atoms with E-state index in [1.165, 1.54) is 6.92 Å². The second kappa shape index (κ2) is 6.03. The molecule has 1 saturated carbocycles. The molecule has 9 heteroatoms. The number of carbonyl (C=O) groups excluding carboxylic acids is 1. The van der Waals surface area contributed by atoms with Gasteiger partial charge in [-0.1, -0.05) is 0 Å². The van der Waals surface area contributed by atoms with E-state index in [0.717, 1.165) is 6.92 Å². The Labute approximate surface area is 159 Å². The van der Waals surface area contributed by atoms with Gasteiger partial charge < -0.3 is 15.0 Å². The van der Waals surface area contributed by atoms with Gasteiger partial charge >= 0.3 is 5.92 Å². The molecule has 4 rings (SSSR count). The summed E-state index contributed by atoms with van der Waals surface area (Å²) < 4.78 is 29.3. The number of fused-ring (bicyclic) bond motifs is 1. The number of aliphatic hydroxyl groups is 1. The lowest BCUT2D eigenvalue weighted by Gasteiger charge is -2.11. The zero-order valence-electron chi connectivity index (χ0n) is 15.6. The minimum absolute atomic E-state index is 0.278. The molecule has 3 aromatic rings. The molecule has 0 saturated heterocycles. The van der Waals surface area contributed by atoms with E-state index in [2.05, 4.69) is 20.3 Å². The summed E-state index contributed by atoms with van der Waals surface area (Å²) in [7, 11) is 0. The van der Waals surface area contributed by atoms with Gasteiger partial charge in [-0.15, -0.1) is 0 Å². The first-order valence-electron chi connectivity index (χ1n) is 8.83. The van der Waals surface area contributed by atoms with Crippen molar-refractivity contribution in [2.75, 3.05) is 5.32 Å². The SMILES string of the molecule is CC(=O)Nc1cc2c(-c3cc(C)nc(C(C)(F)F)n3)cn(C3(O)CC3)c2cn1. The molecular formula is C19H19F2N5O2. The van der Waals surface area contributed by atoms with Crippen LogP contribution in [0, 0.1) is 6.92 Å². The molecule has 0 atom stereocenters. The second-order valence-corrected chi connectivity index (χ2v) is 7.27. The standard InChI is InChI=1S/C19H19F2N5O2/c1-10-6-14(25-17(23-10)18(3,20)21)13-9-26(19(28)4-5-19)15-8-22-16(7-12(13)15)24-11(2)27/h6-9,28H,4-5H2,1-3H3,(H,22,24,27). The van der Waals surface area contributed by atoms with Crippen molar-refractivity contribution in [2.45, 2.75) is 45.3 Å². The van der Waals surface area contributed by atoms with Crippen LogP contribution in [0.4, 0.5) is 14.6 Å². The number of aryl methyl sites for hydroxylation is 1. The molecule has 146 valence electrons. The molecule has 1 aliphatic rings. The van der Waals surface area contributed by atoms with E-state index >= 15 is 0 Å². The first-order valence-corrected chi connectivity index (χ1v) is 8.83. The lowest BCUT2D eigenvalue weighted by atomic mass is 10.1. The summed E-state index contributed by atoms with van der Waals surface area (Å²) in [6, 6.07) is 3.26. The van der Waals surface area contributed by atoms with Gasteiger partial charge in [0.15, 0.2) is 5.82 Å².